The molecular formula is C8H8N4S. The largest absolute Gasteiger partial charge is 0.389 e. The van der Waals surface area contributed by atoms with Crippen LogP contribution in [-0.4, -0.2) is 15.0 Å². The number of nitrogens with two attached hydrogens (primary N) is 1. The summed E-state index contributed by atoms with van der Waals surface area (Å²) in [6.45, 7) is 1.91. The first-order valence-corrected chi connectivity index (χ1v) is 4.63. The Morgan fingerprint density at radius 3 is 2.77 bits per heavy atom. The molecule has 0 saturated heterocycles. The van der Waals surface area contributed by atoms with Crippen LogP contribution in [0.3, 0.4) is 0 Å². The summed E-state index contributed by atoms with van der Waals surface area (Å²) in [7, 11) is 0. The molecule has 2 rings (SSSR count). The number of rotatable bonds is 1. The summed E-state index contributed by atoms with van der Waals surface area (Å²) in [4.78, 5) is 12.2. The van der Waals surface area contributed by atoms with Crippen LogP contribution in [-0.2, 0) is 0 Å². The van der Waals surface area contributed by atoms with Crippen LogP contribution in [0.2, 0.25) is 0 Å². The lowest BCUT2D eigenvalue weighted by atomic mass is 10.3. The van der Waals surface area contributed by atoms with Gasteiger partial charge in [0.25, 0.3) is 0 Å². The molecule has 0 amide bonds. The van der Waals surface area contributed by atoms with Crippen LogP contribution in [0.4, 0.5) is 5.00 Å². The van der Waals surface area contributed by atoms with Crippen molar-refractivity contribution in [2.45, 2.75) is 6.92 Å². The van der Waals surface area contributed by atoms with Gasteiger partial charge in [0.05, 0.1) is 11.2 Å². The first-order chi connectivity index (χ1) is 6.27. The molecule has 2 aromatic heterocycles. The lowest BCUT2D eigenvalue weighted by molar-refractivity contribution is 1.10. The molecule has 5 heteroatoms. The highest BCUT2D eigenvalue weighted by Crippen LogP contribution is 2.25. The SMILES string of the molecule is Cc1cc(-c2ncsc2N)ncn1. The summed E-state index contributed by atoms with van der Waals surface area (Å²) >= 11 is 1.41. The van der Waals surface area contributed by atoms with E-state index in [4.69, 9.17) is 5.73 Å². The van der Waals surface area contributed by atoms with Gasteiger partial charge < -0.3 is 5.73 Å². The van der Waals surface area contributed by atoms with Crippen LogP contribution < -0.4 is 5.73 Å². The van der Waals surface area contributed by atoms with Crippen molar-refractivity contribution in [2.75, 3.05) is 5.73 Å². The second kappa shape index (κ2) is 3.10. The molecule has 0 atom stereocenters. The van der Waals surface area contributed by atoms with E-state index in [1.165, 1.54) is 17.7 Å². The van der Waals surface area contributed by atoms with Gasteiger partial charge in [0.1, 0.15) is 17.0 Å². The maximum absolute atomic E-state index is 5.72. The predicted molar refractivity (Wildman–Crippen MR) is 52.3 cm³/mol. The number of aryl methyl sites for hydroxylation is 1. The number of hydrogen-bond acceptors (Lipinski definition) is 5. The molecule has 0 bridgehead atoms. The minimum absolute atomic E-state index is 0.693. The zero-order valence-electron chi connectivity index (χ0n) is 7.06. The standard InChI is InChI=1S/C8H8N4S/c1-5-2-6(11-3-10-5)7-8(9)13-4-12-7/h2-4H,9H2,1H3. The summed E-state index contributed by atoms with van der Waals surface area (Å²) in [6.07, 6.45) is 1.52. The molecular weight excluding hydrogens is 184 g/mol. The molecule has 0 aliphatic rings. The van der Waals surface area contributed by atoms with Gasteiger partial charge in [-0.05, 0) is 13.0 Å². The van der Waals surface area contributed by atoms with Crippen LogP contribution in [0.15, 0.2) is 17.9 Å². The monoisotopic (exact) mass is 192 g/mol. The average Bonchev–Trinajstić information content (AvgIpc) is 2.51. The minimum atomic E-state index is 0.693. The van der Waals surface area contributed by atoms with Gasteiger partial charge in [0.15, 0.2) is 0 Å². The van der Waals surface area contributed by atoms with Gasteiger partial charge in [-0.25, -0.2) is 15.0 Å². The molecule has 0 fully saturated rings. The molecule has 0 spiro atoms. The van der Waals surface area contributed by atoms with E-state index in [1.54, 1.807) is 5.51 Å². The fourth-order valence-electron chi connectivity index (χ4n) is 1.03. The van der Waals surface area contributed by atoms with E-state index < -0.39 is 0 Å². The van der Waals surface area contributed by atoms with Crippen molar-refractivity contribution in [3.8, 4) is 11.4 Å². The number of hydrogen-bond donors (Lipinski definition) is 1. The van der Waals surface area contributed by atoms with E-state index in [2.05, 4.69) is 15.0 Å². The quantitative estimate of drug-likeness (QED) is 0.743. The van der Waals surface area contributed by atoms with Crippen LogP contribution in [0, 0.1) is 6.92 Å². The van der Waals surface area contributed by atoms with E-state index in [9.17, 15) is 0 Å². The van der Waals surface area contributed by atoms with Crippen LogP contribution in [0.5, 0.6) is 0 Å². The highest BCUT2D eigenvalue weighted by atomic mass is 32.1. The molecule has 0 radical (unpaired) electrons. The predicted octanol–water partition coefficient (Wildman–Crippen LogP) is 1.49. The van der Waals surface area contributed by atoms with E-state index in [0.29, 0.717) is 5.00 Å². The Kier molecular flexibility index (Phi) is 1.94. The van der Waals surface area contributed by atoms with Gasteiger partial charge >= 0.3 is 0 Å². The number of nitrogen functional groups attached to an aromatic ring is 1. The Bertz CT molecular complexity index is 424. The van der Waals surface area contributed by atoms with Crippen LogP contribution >= 0.6 is 11.3 Å². The van der Waals surface area contributed by atoms with Crippen molar-refractivity contribution in [1.29, 1.82) is 0 Å². The first-order valence-electron chi connectivity index (χ1n) is 3.75. The zero-order chi connectivity index (χ0) is 9.26. The summed E-state index contributed by atoms with van der Waals surface area (Å²) in [6, 6.07) is 1.87. The third kappa shape index (κ3) is 1.50. The lowest BCUT2D eigenvalue weighted by Gasteiger charge is -1.97. The maximum atomic E-state index is 5.72. The third-order valence-corrected chi connectivity index (χ3v) is 2.30. The number of aromatic nitrogens is 3. The topological polar surface area (TPSA) is 64.7 Å². The Labute approximate surface area is 79.5 Å². The smallest absolute Gasteiger partial charge is 0.123 e. The summed E-state index contributed by atoms with van der Waals surface area (Å²) in [5, 5.41) is 0.693. The molecule has 4 nitrogen and oxygen atoms in total. The van der Waals surface area contributed by atoms with Gasteiger partial charge in [-0.2, -0.15) is 0 Å². The van der Waals surface area contributed by atoms with E-state index in [1.807, 2.05) is 13.0 Å². The van der Waals surface area contributed by atoms with Crippen LogP contribution in [0.25, 0.3) is 11.4 Å². The Balaban J connectivity index is 2.53. The number of thiazole rings is 1. The van der Waals surface area contributed by atoms with E-state index in [-0.39, 0.29) is 0 Å². The van der Waals surface area contributed by atoms with Crippen molar-refractivity contribution >= 4 is 16.3 Å². The molecule has 0 unspecified atom stereocenters. The summed E-state index contributed by atoms with van der Waals surface area (Å²) in [5.74, 6) is 0. The number of anilines is 1. The van der Waals surface area contributed by atoms with Gasteiger partial charge in [-0.3, -0.25) is 0 Å². The fraction of sp³-hybridized carbons (Fsp3) is 0.125. The fourth-order valence-corrected chi connectivity index (χ4v) is 1.57. The molecule has 0 aliphatic carbocycles. The molecule has 66 valence electrons. The van der Waals surface area contributed by atoms with Gasteiger partial charge in [-0.15, -0.1) is 11.3 Å². The van der Waals surface area contributed by atoms with Crippen molar-refractivity contribution in [1.82, 2.24) is 15.0 Å². The van der Waals surface area contributed by atoms with Crippen molar-refractivity contribution in [3.63, 3.8) is 0 Å². The lowest BCUT2D eigenvalue weighted by Crippen LogP contribution is -1.91. The first kappa shape index (κ1) is 8.12. The van der Waals surface area contributed by atoms with Gasteiger partial charge in [0.2, 0.25) is 0 Å². The number of nitrogens with zero attached hydrogens (tertiary/aromatic N) is 3. The average molecular weight is 192 g/mol. The zero-order valence-corrected chi connectivity index (χ0v) is 7.88. The summed E-state index contributed by atoms with van der Waals surface area (Å²) in [5.41, 5.74) is 9.87. The Morgan fingerprint density at radius 1 is 1.31 bits per heavy atom. The normalized spacial score (nSPS) is 10.2. The Morgan fingerprint density at radius 2 is 2.15 bits per heavy atom. The molecule has 2 N–H and O–H groups in total. The molecule has 0 aromatic carbocycles. The molecule has 2 aromatic rings. The third-order valence-electron chi connectivity index (χ3n) is 1.64. The van der Waals surface area contributed by atoms with Gasteiger partial charge in [0, 0.05) is 5.69 Å². The van der Waals surface area contributed by atoms with Crippen molar-refractivity contribution in [2.24, 2.45) is 0 Å². The van der Waals surface area contributed by atoms with E-state index >= 15 is 0 Å². The molecule has 0 aliphatic heterocycles. The molecule has 0 saturated carbocycles. The highest BCUT2D eigenvalue weighted by molar-refractivity contribution is 7.14. The maximum Gasteiger partial charge on any atom is 0.123 e. The minimum Gasteiger partial charge on any atom is -0.389 e. The van der Waals surface area contributed by atoms with Crippen molar-refractivity contribution < 1.29 is 0 Å². The molecule has 13 heavy (non-hydrogen) atoms. The van der Waals surface area contributed by atoms with Crippen molar-refractivity contribution in [3.05, 3.63) is 23.6 Å². The Hall–Kier alpha value is -1.49. The van der Waals surface area contributed by atoms with Crippen LogP contribution in [0.1, 0.15) is 5.69 Å². The van der Waals surface area contributed by atoms with Gasteiger partial charge in [-0.1, -0.05) is 0 Å². The molecule has 2 heterocycles. The second-order valence-corrected chi connectivity index (χ2v) is 3.50. The summed E-state index contributed by atoms with van der Waals surface area (Å²) < 4.78 is 0. The van der Waals surface area contributed by atoms with E-state index in [0.717, 1.165) is 17.1 Å². The highest BCUT2D eigenvalue weighted by Gasteiger charge is 2.06. The second-order valence-electron chi connectivity index (χ2n) is 2.61.